The molecule has 0 saturated carbocycles. The minimum atomic E-state index is -1.78. The van der Waals surface area contributed by atoms with E-state index in [0.717, 1.165) is 12.1 Å². The van der Waals surface area contributed by atoms with Gasteiger partial charge in [-0.05, 0) is 18.2 Å². The molecule has 12 heteroatoms. The lowest BCUT2D eigenvalue weighted by Gasteiger charge is -2.39. The molecule has 0 aliphatic carbocycles. The molecule has 0 spiro atoms. The van der Waals surface area contributed by atoms with E-state index >= 15 is 0 Å². The van der Waals surface area contributed by atoms with Crippen LogP contribution in [-0.4, -0.2) is 80.2 Å². The van der Waals surface area contributed by atoms with Gasteiger partial charge in [0.2, 0.25) is 12.0 Å². The smallest absolute Gasteiger partial charge is 0.229 e. The van der Waals surface area contributed by atoms with Crippen molar-refractivity contribution in [3.8, 4) is 40.1 Å². The fraction of sp³-hybridized carbons (Fsp3) is 0.318. The lowest BCUT2D eigenvalue weighted by molar-refractivity contribution is -0.277. The van der Waals surface area contributed by atoms with E-state index in [1.165, 1.54) is 25.3 Å². The third kappa shape index (κ3) is 3.97. The molecule has 182 valence electrons. The van der Waals surface area contributed by atoms with Crippen molar-refractivity contribution in [1.29, 1.82) is 0 Å². The molecular weight excluding hydrogens is 456 g/mol. The zero-order valence-electron chi connectivity index (χ0n) is 17.7. The number of fused-ring (bicyclic) bond motifs is 1. The predicted octanol–water partition coefficient (Wildman–Crippen LogP) is -0.236. The number of methoxy groups -OCH3 is 1. The van der Waals surface area contributed by atoms with Crippen LogP contribution in [0.5, 0.6) is 28.7 Å². The number of aliphatic hydroxyl groups is 4. The third-order valence-corrected chi connectivity index (χ3v) is 5.48. The van der Waals surface area contributed by atoms with E-state index in [9.17, 15) is 40.5 Å². The Morgan fingerprint density at radius 3 is 2.35 bits per heavy atom. The number of hydrogen-bond acceptors (Lipinski definition) is 12. The Kier molecular flexibility index (Phi) is 6.25. The summed E-state index contributed by atoms with van der Waals surface area (Å²) in [6, 6.07) is 6.11. The molecule has 1 fully saturated rings. The Hall–Kier alpha value is -3.55. The summed E-state index contributed by atoms with van der Waals surface area (Å²) >= 11 is 0. The minimum absolute atomic E-state index is 0.0320. The summed E-state index contributed by atoms with van der Waals surface area (Å²) in [5.41, 5.74) is -0.836. The molecular formula is C22H22O12. The SMILES string of the molecule is COc1cc(-c2cc(=O)c3c(O)cc(OC4OC(CO)C(O)C(O)C4O)c(O)c3o2)ccc1O. The molecule has 1 aromatic heterocycles. The molecule has 2 heterocycles. The number of phenols is 3. The van der Waals surface area contributed by atoms with Gasteiger partial charge in [-0.3, -0.25) is 4.79 Å². The van der Waals surface area contributed by atoms with Crippen LogP contribution < -0.4 is 14.9 Å². The highest BCUT2D eigenvalue weighted by molar-refractivity contribution is 5.91. The van der Waals surface area contributed by atoms with Crippen molar-refractivity contribution in [2.75, 3.05) is 13.7 Å². The van der Waals surface area contributed by atoms with Gasteiger partial charge in [0.15, 0.2) is 28.3 Å². The van der Waals surface area contributed by atoms with Gasteiger partial charge in [0.1, 0.15) is 41.3 Å². The molecule has 2 aromatic carbocycles. The molecule has 34 heavy (non-hydrogen) atoms. The Labute approximate surface area is 191 Å². The van der Waals surface area contributed by atoms with E-state index in [4.69, 9.17) is 18.6 Å². The zero-order valence-corrected chi connectivity index (χ0v) is 17.7. The summed E-state index contributed by atoms with van der Waals surface area (Å²) in [4.78, 5) is 12.7. The number of aromatic hydroxyl groups is 3. The van der Waals surface area contributed by atoms with Gasteiger partial charge >= 0.3 is 0 Å². The van der Waals surface area contributed by atoms with Crippen molar-refractivity contribution in [3.63, 3.8) is 0 Å². The number of benzene rings is 2. The fourth-order valence-corrected chi connectivity index (χ4v) is 3.63. The quantitative estimate of drug-likeness (QED) is 0.238. The van der Waals surface area contributed by atoms with Crippen molar-refractivity contribution in [1.82, 2.24) is 0 Å². The Morgan fingerprint density at radius 2 is 1.68 bits per heavy atom. The second-order valence-corrected chi connectivity index (χ2v) is 7.62. The lowest BCUT2D eigenvalue weighted by atomic mass is 9.99. The van der Waals surface area contributed by atoms with Gasteiger partial charge in [-0.15, -0.1) is 0 Å². The van der Waals surface area contributed by atoms with E-state index in [1.54, 1.807) is 0 Å². The van der Waals surface area contributed by atoms with Gasteiger partial charge in [-0.25, -0.2) is 0 Å². The summed E-state index contributed by atoms with van der Waals surface area (Å²) in [7, 11) is 1.34. The van der Waals surface area contributed by atoms with Crippen molar-refractivity contribution in [2.45, 2.75) is 30.7 Å². The van der Waals surface area contributed by atoms with Gasteiger partial charge in [0, 0.05) is 17.7 Å². The second kappa shape index (κ2) is 9.00. The fourth-order valence-electron chi connectivity index (χ4n) is 3.63. The van der Waals surface area contributed by atoms with Crippen LogP contribution in [0.25, 0.3) is 22.3 Å². The molecule has 4 rings (SSSR count). The van der Waals surface area contributed by atoms with E-state index in [-0.39, 0.29) is 22.6 Å². The van der Waals surface area contributed by atoms with Crippen LogP contribution >= 0.6 is 0 Å². The van der Waals surface area contributed by atoms with Gasteiger partial charge in [0.25, 0.3) is 0 Å². The molecule has 7 N–H and O–H groups in total. The summed E-state index contributed by atoms with van der Waals surface area (Å²) < 4.78 is 21.3. The second-order valence-electron chi connectivity index (χ2n) is 7.62. The van der Waals surface area contributed by atoms with Gasteiger partial charge in [-0.2, -0.15) is 0 Å². The maximum atomic E-state index is 12.7. The molecule has 3 aromatic rings. The molecule has 1 aliphatic rings. The first-order valence-electron chi connectivity index (χ1n) is 10.0. The number of ether oxygens (including phenoxy) is 3. The number of rotatable bonds is 5. The van der Waals surface area contributed by atoms with Crippen molar-refractivity contribution in [3.05, 3.63) is 40.6 Å². The number of hydrogen-bond donors (Lipinski definition) is 7. The molecule has 1 saturated heterocycles. The first kappa shape index (κ1) is 23.6. The Balaban J connectivity index is 1.78. The Morgan fingerprint density at radius 1 is 0.941 bits per heavy atom. The van der Waals surface area contributed by atoms with Crippen LogP contribution in [0.4, 0.5) is 0 Å². The third-order valence-electron chi connectivity index (χ3n) is 5.48. The minimum Gasteiger partial charge on any atom is -0.507 e. The average molecular weight is 478 g/mol. The summed E-state index contributed by atoms with van der Waals surface area (Å²) in [6.07, 6.45) is -8.07. The maximum absolute atomic E-state index is 12.7. The van der Waals surface area contributed by atoms with Crippen LogP contribution in [0, 0.1) is 0 Å². The lowest BCUT2D eigenvalue weighted by Crippen LogP contribution is -2.60. The summed E-state index contributed by atoms with van der Waals surface area (Å²) in [5.74, 6) is -1.89. The highest BCUT2D eigenvalue weighted by atomic mass is 16.7. The van der Waals surface area contributed by atoms with Crippen molar-refractivity contribution in [2.24, 2.45) is 0 Å². The summed E-state index contributed by atoms with van der Waals surface area (Å²) in [5, 5.41) is 69.9. The highest BCUT2D eigenvalue weighted by Crippen LogP contribution is 2.42. The van der Waals surface area contributed by atoms with Crippen LogP contribution in [-0.2, 0) is 4.74 Å². The van der Waals surface area contributed by atoms with Crippen LogP contribution in [0.15, 0.2) is 39.5 Å². The van der Waals surface area contributed by atoms with E-state index in [1.807, 2.05) is 0 Å². The van der Waals surface area contributed by atoms with E-state index in [2.05, 4.69) is 0 Å². The van der Waals surface area contributed by atoms with Crippen molar-refractivity contribution >= 4 is 11.0 Å². The molecule has 0 radical (unpaired) electrons. The standard InChI is InChI=1S/C22H22O12/c1-31-13-4-8(2-3-9(13)24)12-5-10(25)16-11(26)6-14(18(28)21(16)32-12)33-22-20(30)19(29)17(27)15(7-23)34-22/h2-6,15,17,19-20,22-24,26-30H,7H2,1H3. The van der Waals surface area contributed by atoms with Crippen molar-refractivity contribution < 1.29 is 54.4 Å². The normalized spacial score (nSPS) is 24.8. The topological polar surface area (TPSA) is 200 Å². The largest absolute Gasteiger partial charge is 0.507 e. The van der Waals surface area contributed by atoms with Crippen LogP contribution in [0.3, 0.4) is 0 Å². The highest BCUT2D eigenvalue weighted by Gasteiger charge is 2.45. The van der Waals surface area contributed by atoms with Crippen LogP contribution in [0.2, 0.25) is 0 Å². The monoisotopic (exact) mass is 478 g/mol. The predicted molar refractivity (Wildman–Crippen MR) is 114 cm³/mol. The van der Waals surface area contributed by atoms with Crippen LogP contribution in [0.1, 0.15) is 0 Å². The van der Waals surface area contributed by atoms with E-state index < -0.39 is 65.6 Å². The summed E-state index contributed by atoms with van der Waals surface area (Å²) in [6.45, 7) is -0.700. The zero-order chi connectivity index (χ0) is 24.7. The molecule has 5 unspecified atom stereocenters. The molecule has 12 nitrogen and oxygen atoms in total. The molecule has 0 bridgehead atoms. The van der Waals surface area contributed by atoms with Gasteiger partial charge in [0.05, 0.1) is 13.7 Å². The van der Waals surface area contributed by atoms with Gasteiger partial charge < -0.3 is 54.4 Å². The maximum Gasteiger partial charge on any atom is 0.229 e. The molecule has 0 amide bonds. The Bertz CT molecular complexity index is 1270. The number of aliphatic hydroxyl groups excluding tert-OH is 4. The first-order valence-corrected chi connectivity index (χ1v) is 10.0. The number of phenolic OH excluding ortho intramolecular Hbond substituents is 3. The average Bonchev–Trinajstić information content (AvgIpc) is 2.82. The molecule has 1 aliphatic heterocycles. The van der Waals surface area contributed by atoms with Gasteiger partial charge in [-0.1, -0.05) is 0 Å². The van der Waals surface area contributed by atoms with E-state index in [0.29, 0.717) is 5.56 Å². The first-order chi connectivity index (χ1) is 16.2. The molecule has 5 atom stereocenters.